The Kier molecular flexibility index (Phi) is 4.47. The van der Waals surface area contributed by atoms with Crippen molar-refractivity contribution >= 4 is 23.4 Å². The predicted molar refractivity (Wildman–Crippen MR) is 122 cm³/mol. The van der Waals surface area contributed by atoms with Crippen molar-refractivity contribution < 1.29 is 19.1 Å². The lowest BCUT2D eigenvalue weighted by Crippen LogP contribution is -2.40. The van der Waals surface area contributed by atoms with Crippen molar-refractivity contribution in [3.05, 3.63) is 65.7 Å². The lowest BCUT2D eigenvalue weighted by atomic mass is 9.63. The van der Waals surface area contributed by atoms with Crippen molar-refractivity contribution in [3.63, 3.8) is 0 Å². The number of ether oxygens (including phenoxy) is 1. The summed E-state index contributed by atoms with van der Waals surface area (Å²) < 4.78 is 6.01. The molecule has 0 unspecified atom stereocenters. The normalized spacial score (nSPS) is 30.8. The Bertz CT molecular complexity index is 1140. The summed E-state index contributed by atoms with van der Waals surface area (Å²) in [6, 6.07) is 13.1. The summed E-state index contributed by atoms with van der Waals surface area (Å²) in [4.78, 5) is 39.9. The number of aryl methyl sites for hydroxylation is 2. The first kappa shape index (κ1) is 20.2. The van der Waals surface area contributed by atoms with Crippen LogP contribution in [-0.4, -0.2) is 29.2 Å². The van der Waals surface area contributed by atoms with Crippen LogP contribution in [0.3, 0.4) is 0 Å². The molecule has 1 N–H and O–H groups in total. The summed E-state index contributed by atoms with van der Waals surface area (Å²) in [6.45, 7) is 3.76. The minimum absolute atomic E-state index is 0.166. The van der Waals surface area contributed by atoms with Crippen LogP contribution in [0.25, 0.3) is 0 Å². The molecule has 2 aromatic carbocycles. The van der Waals surface area contributed by atoms with Crippen molar-refractivity contribution in [3.8, 4) is 11.5 Å². The number of rotatable bonds is 5. The number of benzene rings is 2. The molecule has 5 aliphatic rings. The van der Waals surface area contributed by atoms with Gasteiger partial charge in [0.05, 0.1) is 11.8 Å². The Labute approximate surface area is 192 Å². The third-order valence-electron chi connectivity index (χ3n) is 7.82. The number of anilines is 1. The van der Waals surface area contributed by atoms with Gasteiger partial charge in [0.2, 0.25) is 17.7 Å². The van der Waals surface area contributed by atoms with Gasteiger partial charge >= 0.3 is 0 Å². The number of allylic oxidation sites excluding steroid dienone is 2. The molecule has 0 aromatic heterocycles. The van der Waals surface area contributed by atoms with Crippen LogP contribution >= 0.6 is 0 Å². The Morgan fingerprint density at radius 3 is 2.09 bits per heavy atom. The first-order chi connectivity index (χ1) is 15.9. The molecule has 7 rings (SSSR count). The van der Waals surface area contributed by atoms with Crippen molar-refractivity contribution in [1.29, 1.82) is 0 Å². The molecule has 168 valence electrons. The molecule has 2 bridgehead atoms. The van der Waals surface area contributed by atoms with E-state index < -0.39 is 0 Å². The minimum Gasteiger partial charge on any atom is -0.457 e. The van der Waals surface area contributed by atoms with Crippen molar-refractivity contribution in [2.24, 2.45) is 35.5 Å². The highest BCUT2D eigenvalue weighted by molar-refractivity contribution is 6.09. The SMILES string of the molecule is Cc1cccc(C)c1Oc1ccc(NC(=O)CN2C(=O)[C@H]3[C@@H]4C=C[C@@H]([C@H]5C[C@H]45)[C@@H]3C2=O)cc1. The number of nitrogens with one attached hydrogen (secondary N) is 1. The van der Waals surface area contributed by atoms with Gasteiger partial charge in [0.25, 0.3) is 0 Å². The van der Waals surface area contributed by atoms with Gasteiger partial charge < -0.3 is 10.1 Å². The molecule has 1 heterocycles. The fourth-order valence-corrected chi connectivity index (χ4v) is 6.20. The quantitative estimate of drug-likeness (QED) is 0.559. The highest BCUT2D eigenvalue weighted by Crippen LogP contribution is 2.65. The second kappa shape index (κ2) is 7.30. The molecule has 1 saturated heterocycles. The molecule has 0 radical (unpaired) electrons. The van der Waals surface area contributed by atoms with Gasteiger partial charge in [0.1, 0.15) is 18.0 Å². The van der Waals surface area contributed by atoms with Gasteiger partial charge in [-0.25, -0.2) is 0 Å². The highest BCUT2D eigenvalue weighted by atomic mass is 16.5. The zero-order chi connectivity index (χ0) is 22.9. The van der Waals surface area contributed by atoms with Gasteiger partial charge in [0, 0.05) is 5.69 Å². The number of nitrogens with zero attached hydrogens (tertiary/aromatic N) is 1. The van der Waals surface area contributed by atoms with E-state index in [1.54, 1.807) is 24.3 Å². The molecule has 0 spiro atoms. The number of likely N-dealkylation sites (tertiary alicyclic amines) is 1. The first-order valence-corrected chi connectivity index (χ1v) is 11.6. The summed E-state index contributed by atoms with van der Waals surface area (Å²) in [5.41, 5.74) is 2.69. The summed E-state index contributed by atoms with van der Waals surface area (Å²) >= 11 is 0. The molecule has 1 aliphatic heterocycles. The molecule has 3 amide bonds. The van der Waals surface area contributed by atoms with Crippen LogP contribution in [0.2, 0.25) is 0 Å². The third kappa shape index (κ3) is 3.19. The standard InChI is InChI=1S/C27H26N2O4/c1-14-4-3-5-15(2)25(14)33-17-8-6-16(7-9-17)28-22(30)13-29-26(31)23-18-10-11-19(21-12-20(18)21)24(23)27(29)32/h3-11,18-21,23-24H,12-13H2,1-2H3,(H,28,30)/t18-,19+,20-,21-,23+,24+/m1/s1. The van der Waals surface area contributed by atoms with E-state index in [1.807, 2.05) is 32.0 Å². The lowest BCUT2D eigenvalue weighted by Gasteiger charge is -2.37. The van der Waals surface area contributed by atoms with Crippen LogP contribution in [0.5, 0.6) is 11.5 Å². The van der Waals surface area contributed by atoms with Crippen molar-refractivity contribution in [2.75, 3.05) is 11.9 Å². The zero-order valence-electron chi connectivity index (χ0n) is 18.7. The molecule has 4 aliphatic carbocycles. The van der Waals surface area contributed by atoms with Crippen LogP contribution in [0.15, 0.2) is 54.6 Å². The number of hydrogen-bond acceptors (Lipinski definition) is 4. The van der Waals surface area contributed by atoms with E-state index in [0.717, 1.165) is 23.3 Å². The van der Waals surface area contributed by atoms with Crippen LogP contribution in [0, 0.1) is 49.4 Å². The molecule has 2 aromatic rings. The Morgan fingerprint density at radius 1 is 0.939 bits per heavy atom. The van der Waals surface area contributed by atoms with Gasteiger partial charge in [-0.05, 0) is 79.3 Å². The molecule has 6 nitrogen and oxygen atoms in total. The fourth-order valence-electron chi connectivity index (χ4n) is 6.20. The largest absolute Gasteiger partial charge is 0.457 e. The van der Waals surface area contributed by atoms with Crippen LogP contribution in [-0.2, 0) is 14.4 Å². The van der Waals surface area contributed by atoms with Gasteiger partial charge in [-0.3, -0.25) is 19.3 Å². The average Bonchev–Trinajstić information content (AvgIpc) is 3.59. The second-order valence-electron chi connectivity index (χ2n) is 9.81. The molecular formula is C27H26N2O4. The summed E-state index contributed by atoms with van der Waals surface area (Å²) in [5, 5.41) is 2.80. The minimum atomic E-state index is -0.371. The first-order valence-electron chi connectivity index (χ1n) is 11.6. The van der Waals surface area contributed by atoms with Crippen LogP contribution in [0.4, 0.5) is 5.69 Å². The van der Waals surface area contributed by atoms with E-state index in [0.29, 0.717) is 23.3 Å². The maximum absolute atomic E-state index is 13.0. The monoisotopic (exact) mass is 442 g/mol. The number of hydrogen-bond donors (Lipinski definition) is 1. The number of carbonyl (C=O) groups is 3. The van der Waals surface area contributed by atoms with E-state index in [2.05, 4.69) is 17.5 Å². The Morgan fingerprint density at radius 2 is 1.52 bits per heavy atom. The average molecular weight is 443 g/mol. The predicted octanol–water partition coefficient (Wildman–Crippen LogP) is 4.09. The topological polar surface area (TPSA) is 75.7 Å². The van der Waals surface area contributed by atoms with Gasteiger partial charge in [0.15, 0.2) is 0 Å². The van der Waals surface area contributed by atoms with E-state index in [-0.39, 0.29) is 47.9 Å². The summed E-state index contributed by atoms with van der Waals surface area (Å²) in [7, 11) is 0. The van der Waals surface area contributed by atoms with E-state index >= 15 is 0 Å². The zero-order valence-corrected chi connectivity index (χ0v) is 18.7. The maximum Gasteiger partial charge on any atom is 0.244 e. The molecule has 6 heteroatoms. The number of para-hydroxylation sites is 1. The van der Waals surface area contributed by atoms with Crippen LogP contribution in [0.1, 0.15) is 17.5 Å². The molecule has 6 atom stereocenters. The van der Waals surface area contributed by atoms with E-state index in [1.165, 1.54) is 4.90 Å². The molecule has 2 saturated carbocycles. The second-order valence-corrected chi connectivity index (χ2v) is 9.81. The Hall–Kier alpha value is -3.41. The van der Waals surface area contributed by atoms with Crippen molar-refractivity contribution in [2.45, 2.75) is 20.3 Å². The molecule has 33 heavy (non-hydrogen) atoms. The Balaban J connectivity index is 1.10. The van der Waals surface area contributed by atoms with E-state index in [4.69, 9.17) is 4.74 Å². The molecular weight excluding hydrogens is 416 g/mol. The number of amides is 3. The van der Waals surface area contributed by atoms with Gasteiger partial charge in [-0.15, -0.1) is 0 Å². The maximum atomic E-state index is 13.0. The number of carbonyl (C=O) groups excluding carboxylic acids is 3. The number of imide groups is 1. The summed E-state index contributed by atoms with van der Waals surface area (Å²) in [5.74, 6) is 1.65. The summed E-state index contributed by atoms with van der Waals surface area (Å²) in [6.07, 6.45) is 5.40. The molecule has 3 fully saturated rings. The fraction of sp³-hybridized carbons (Fsp3) is 0.370. The van der Waals surface area contributed by atoms with E-state index in [9.17, 15) is 14.4 Å². The van der Waals surface area contributed by atoms with Crippen LogP contribution < -0.4 is 10.1 Å². The third-order valence-corrected chi connectivity index (χ3v) is 7.82. The van der Waals surface area contributed by atoms with Crippen molar-refractivity contribution in [1.82, 2.24) is 4.90 Å². The lowest BCUT2D eigenvalue weighted by molar-refractivity contribution is -0.142. The highest BCUT2D eigenvalue weighted by Gasteiger charge is 2.67. The smallest absolute Gasteiger partial charge is 0.244 e. The van der Waals surface area contributed by atoms with Gasteiger partial charge in [-0.2, -0.15) is 0 Å². The van der Waals surface area contributed by atoms with Gasteiger partial charge in [-0.1, -0.05) is 30.4 Å².